The van der Waals surface area contributed by atoms with Crippen LogP contribution in [-0.2, 0) is 16.0 Å². The van der Waals surface area contributed by atoms with Crippen LogP contribution in [0.25, 0.3) is 10.9 Å². The third-order valence-corrected chi connectivity index (χ3v) is 5.94. The quantitative estimate of drug-likeness (QED) is 0.569. The average Bonchev–Trinajstić information content (AvgIpc) is 3.19. The van der Waals surface area contributed by atoms with Gasteiger partial charge in [0.25, 0.3) is 5.56 Å². The van der Waals surface area contributed by atoms with Gasteiger partial charge in [0.2, 0.25) is 0 Å². The summed E-state index contributed by atoms with van der Waals surface area (Å²) in [5.74, 6) is 0.913. The highest BCUT2D eigenvalue weighted by Gasteiger charge is 2.20. The number of fused-ring (bicyclic) bond motifs is 1. The monoisotopic (exact) mass is 375 g/mol. The number of thioether (sulfide) groups is 1. The maximum Gasteiger partial charge on any atom is 0.262 e. The summed E-state index contributed by atoms with van der Waals surface area (Å²) in [7, 11) is 0. The highest BCUT2D eigenvalue weighted by Crippen LogP contribution is 2.21. The van der Waals surface area contributed by atoms with Crippen LogP contribution in [0.2, 0.25) is 0 Å². The van der Waals surface area contributed by atoms with Crippen LogP contribution < -0.4 is 5.56 Å². The number of rotatable bonds is 6. The molecule has 2 aliphatic heterocycles. The van der Waals surface area contributed by atoms with Crippen LogP contribution in [0.3, 0.4) is 0 Å². The standard InChI is InChI=1S/C19H25N3O3S/c23-18-16-5-1-2-6-17(16)20-19(22(18)14-15-4-3-10-25-15)26-13-9-21-7-11-24-12-8-21/h1-2,5-6,15H,3-4,7-14H2/t15-/m0/s1. The Balaban J connectivity index is 1.55. The third kappa shape index (κ3) is 4.11. The number of nitrogens with zero attached hydrogens (tertiary/aromatic N) is 3. The van der Waals surface area contributed by atoms with E-state index in [4.69, 9.17) is 14.5 Å². The molecule has 0 amide bonds. The van der Waals surface area contributed by atoms with Crippen LogP contribution in [-0.4, -0.2) is 65.8 Å². The highest BCUT2D eigenvalue weighted by molar-refractivity contribution is 7.99. The minimum absolute atomic E-state index is 0.0416. The summed E-state index contributed by atoms with van der Waals surface area (Å²) in [6, 6.07) is 7.60. The molecule has 2 saturated heterocycles. The molecule has 4 rings (SSSR count). The maximum absolute atomic E-state index is 13.0. The lowest BCUT2D eigenvalue weighted by molar-refractivity contribution is 0.0410. The van der Waals surface area contributed by atoms with E-state index >= 15 is 0 Å². The molecule has 2 fully saturated rings. The van der Waals surface area contributed by atoms with Crippen LogP contribution in [0.1, 0.15) is 12.8 Å². The fourth-order valence-corrected chi connectivity index (χ4v) is 4.51. The van der Waals surface area contributed by atoms with Gasteiger partial charge in [0.1, 0.15) is 0 Å². The van der Waals surface area contributed by atoms with Gasteiger partial charge in [-0.1, -0.05) is 23.9 Å². The molecule has 1 aromatic carbocycles. The van der Waals surface area contributed by atoms with Crippen LogP contribution in [0.4, 0.5) is 0 Å². The Bertz CT molecular complexity index is 798. The second kappa shape index (κ2) is 8.52. The first-order chi connectivity index (χ1) is 12.8. The summed E-state index contributed by atoms with van der Waals surface area (Å²) in [6.45, 7) is 5.95. The van der Waals surface area contributed by atoms with Gasteiger partial charge in [-0.3, -0.25) is 14.3 Å². The van der Waals surface area contributed by atoms with Gasteiger partial charge in [-0.05, 0) is 25.0 Å². The average molecular weight is 375 g/mol. The van der Waals surface area contributed by atoms with Gasteiger partial charge in [0.15, 0.2) is 5.16 Å². The van der Waals surface area contributed by atoms with E-state index < -0.39 is 0 Å². The van der Waals surface area contributed by atoms with Crippen molar-refractivity contribution in [3.05, 3.63) is 34.6 Å². The molecule has 0 radical (unpaired) electrons. The molecule has 6 nitrogen and oxygen atoms in total. The molecule has 0 unspecified atom stereocenters. The Labute approximate surface area is 157 Å². The number of hydrogen-bond acceptors (Lipinski definition) is 6. The van der Waals surface area contributed by atoms with Gasteiger partial charge in [-0.25, -0.2) is 4.98 Å². The van der Waals surface area contributed by atoms with E-state index in [9.17, 15) is 4.79 Å². The Kier molecular flexibility index (Phi) is 5.89. The number of para-hydroxylation sites is 1. The summed E-state index contributed by atoms with van der Waals surface area (Å²) < 4.78 is 13.0. The SMILES string of the molecule is O=c1c2ccccc2nc(SCCN2CCOCC2)n1C[C@@H]1CCCO1. The first-order valence-corrected chi connectivity index (χ1v) is 10.3. The van der Waals surface area contributed by atoms with Crippen molar-refractivity contribution < 1.29 is 9.47 Å². The van der Waals surface area contributed by atoms with Crippen molar-refractivity contribution in [1.82, 2.24) is 14.5 Å². The van der Waals surface area contributed by atoms with Gasteiger partial charge >= 0.3 is 0 Å². The Morgan fingerprint density at radius 2 is 2.04 bits per heavy atom. The van der Waals surface area contributed by atoms with Crippen molar-refractivity contribution in [3.8, 4) is 0 Å². The fourth-order valence-electron chi connectivity index (χ4n) is 3.50. The van der Waals surface area contributed by atoms with E-state index in [-0.39, 0.29) is 11.7 Å². The Hall–Kier alpha value is -1.41. The maximum atomic E-state index is 13.0. The normalized spacial score (nSPS) is 21.5. The first-order valence-electron chi connectivity index (χ1n) is 9.35. The highest BCUT2D eigenvalue weighted by atomic mass is 32.2. The summed E-state index contributed by atoms with van der Waals surface area (Å²) in [5, 5.41) is 1.49. The van der Waals surface area contributed by atoms with Crippen molar-refractivity contribution in [2.45, 2.75) is 30.6 Å². The molecule has 2 aromatic rings. The Morgan fingerprint density at radius 3 is 2.85 bits per heavy atom. The lowest BCUT2D eigenvalue weighted by atomic mass is 10.2. The summed E-state index contributed by atoms with van der Waals surface area (Å²) in [6.07, 6.45) is 2.20. The van der Waals surface area contributed by atoms with E-state index in [1.165, 1.54) is 0 Å². The minimum Gasteiger partial charge on any atom is -0.379 e. The predicted octanol–water partition coefficient (Wildman–Crippen LogP) is 2.00. The van der Waals surface area contributed by atoms with E-state index in [0.717, 1.165) is 68.7 Å². The molecule has 1 atom stereocenters. The van der Waals surface area contributed by atoms with E-state index in [1.807, 2.05) is 28.8 Å². The number of aromatic nitrogens is 2. The van der Waals surface area contributed by atoms with E-state index in [1.54, 1.807) is 11.8 Å². The van der Waals surface area contributed by atoms with Crippen LogP contribution in [0.5, 0.6) is 0 Å². The largest absolute Gasteiger partial charge is 0.379 e. The van der Waals surface area contributed by atoms with Gasteiger partial charge in [0.05, 0.1) is 36.8 Å². The molecular weight excluding hydrogens is 350 g/mol. The molecule has 140 valence electrons. The molecule has 0 saturated carbocycles. The molecule has 1 aromatic heterocycles. The van der Waals surface area contributed by atoms with Gasteiger partial charge < -0.3 is 9.47 Å². The molecule has 0 spiro atoms. The first kappa shape index (κ1) is 18.0. The van der Waals surface area contributed by atoms with Crippen LogP contribution >= 0.6 is 11.8 Å². The van der Waals surface area contributed by atoms with Crippen molar-refractivity contribution >= 4 is 22.7 Å². The molecule has 0 bridgehead atoms. The lowest BCUT2D eigenvalue weighted by Crippen LogP contribution is -2.37. The number of ether oxygens (including phenoxy) is 2. The summed E-state index contributed by atoms with van der Waals surface area (Å²) in [4.78, 5) is 20.2. The Morgan fingerprint density at radius 1 is 1.19 bits per heavy atom. The van der Waals surface area contributed by atoms with Crippen LogP contribution in [0, 0.1) is 0 Å². The number of hydrogen-bond donors (Lipinski definition) is 0. The zero-order valence-corrected chi connectivity index (χ0v) is 15.7. The van der Waals surface area contributed by atoms with Crippen molar-refractivity contribution in [1.29, 1.82) is 0 Å². The summed E-state index contributed by atoms with van der Waals surface area (Å²) in [5.41, 5.74) is 0.815. The molecule has 7 heteroatoms. The van der Waals surface area contributed by atoms with E-state index in [0.29, 0.717) is 11.9 Å². The molecule has 2 aliphatic rings. The fraction of sp³-hybridized carbons (Fsp3) is 0.579. The topological polar surface area (TPSA) is 56.6 Å². The molecule has 26 heavy (non-hydrogen) atoms. The number of morpholine rings is 1. The molecular formula is C19H25N3O3S. The predicted molar refractivity (Wildman–Crippen MR) is 103 cm³/mol. The second-order valence-corrected chi connectivity index (χ2v) is 7.83. The molecule has 0 N–H and O–H groups in total. The van der Waals surface area contributed by atoms with Crippen molar-refractivity contribution in [3.63, 3.8) is 0 Å². The third-order valence-electron chi connectivity index (χ3n) is 4.98. The van der Waals surface area contributed by atoms with Crippen molar-refractivity contribution in [2.75, 3.05) is 45.2 Å². The zero-order chi connectivity index (χ0) is 17.8. The summed E-state index contributed by atoms with van der Waals surface area (Å²) >= 11 is 1.67. The second-order valence-electron chi connectivity index (χ2n) is 6.76. The van der Waals surface area contributed by atoms with Gasteiger partial charge in [-0.15, -0.1) is 0 Å². The minimum atomic E-state index is 0.0416. The number of benzene rings is 1. The molecule has 0 aliphatic carbocycles. The van der Waals surface area contributed by atoms with Gasteiger partial charge in [-0.2, -0.15) is 0 Å². The van der Waals surface area contributed by atoms with E-state index in [2.05, 4.69) is 4.90 Å². The lowest BCUT2D eigenvalue weighted by Gasteiger charge is -2.26. The van der Waals surface area contributed by atoms with Crippen LogP contribution in [0.15, 0.2) is 34.2 Å². The molecule has 3 heterocycles. The van der Waals surface area contributed by atoms with Gasteiger partial charge in [0, 0.05) is 32.0 Å². The van der Waals surface area contributed by atoms with Crippen molar-refractivity contribution in [2.24, 2.45) is 0 Å². The zero-order valence-electron chi connectivity index (χ0n) is 14.9. The smallest absolute Gasteiger partial charge is 0.262 e.